The van der Waals surface area contributed by atoms with E-state index in [1.165, 1.54) is 167 Å². The van der Waals surface area contributed by atoms with Gasteiger partial charge in [0.15, 0.2) is 0 Å². The Kier molecular flexibility index (Phi) is 52.2. The highest BCUT2D eigenvalue weighted by atomic mass is 16.5. The first-order valence-corrected chi connectivity index (χ1v) is 29.5. The summed E-state index contributed by atoms with van der Waals surface area (Å²) in [4.78, 5) is 28.4. The molecule has 0 aromatic rings. The van der Waals surface area contributed by atoms with E-state index >= 15 is 0 Å². The molecule has 0 unspecified atom stereocenters. The van der Waals surface area contributed by atoms with Crippen LogP contribution >= 0.6 is 0 Å². The minimum absolute atomic E-state index is 0.0922. The van der Waals surface area contributed by atoms with Crippen molar-refractivity contribution in [2.75, 3.05) is 40.4 Å². The maximum atomic E-state index is 13.3. The van der Waals surface area contributed by atoms with Crippen LogP contribution in [0.5, 0.6) is 0 Å². The fourth-order valence-electron chi connectivity index (χ4n) is 8.72. The molecule has 0 aromatic heterocycles. The Morgan fingerprint density at radius 1 is 0.420 bits per heavy atom. The molecule has 69 heavy (non-hydrogen) atoms. The summed E-state index contributed by atoms with van der Waals surface area (Å²) in [6, 6.07) is 0. The maximum Gasteiger partial charge on any atom is 0.407 e. The van der Waals surface area contributed by atoms with Gasteiger partial charge in [0.25, 0.3) is 0 Å². The lowest BCUT2D eigenvalue weighted by molar-refractivity contribution is -0.147. The first-order valence-electron chi connectivity index (χ1n) is 29.5. The SMILES string of the molecule is CCCCC/C=C\C/C=C\CCCCCCCCC(CCCCCCCC/C=C\C/C=C\CCCCC)(CNC(=O)OCCCN(C)C)COC(=O)CCCCCCC/C=C\C/C=C\CCCCC. The average Bonchev–Trinajstić information content (AvgIpc) is 3.34. The number of allylic oxidation sites excluding steroid dienone is 12. The molecule has 1 N–H and O–H groups in total. The summed E-state index contributed by atoms with van der Waals surface area (Å²) in [5, 5.41) is 3.15. The van der Waals surface area contributed by atoms with Gasteiger partial charge >= 0.3 is 12.1 Å². The summed E-state index contributed by atoms with van der Waals surface area (Å²) >= 11 is 0. The largest absolute Gasteiger partial charge is 0.465 e. The van der Waals surface area contributed by atoms with E-state index in [-0.39, 0.29) is 17.5 Å². The smallest absolute Gasteiger partial charge is 0.407 e. The molecule has 0 spiro atoms. The van der Waals surface area contributed by atoms with E-state index in [4.69, 9.17) is 9.47 Å². The molecular weight excluding hydrogens is 849 g/mol. The highest BCUT2D eigenvalue weighted by Crippen LogP contribution is 2.33. The molecule has 0 bridgehead atoms. The van der Waals surface area contributed by atoms with Gasteiger partial charge in [-0.15, -0.1) is 0 Å². The highest BCUT2D eigenvalue weighted by Gasteiger charge is 2.32. The lowest BCUT2D eigenvalue weighted by Crippen LogP contribution is -2.41. The molecule has 0 heterocycles. The zero-order valence-electron chi connectivity index (χ0n) is 46.4. The zero-order chi connectivity index (χ0) is 50.2. The molecule has 0 fully saturated rings. The van der Waals surface area contributed by atoms with Crippen LogP contribution in [-0.4, -0.2) is 57.4 Å². The third-order valence-corrected chi connectivity index (χ3v) is 13.3. The summed E-state index contributed by atoms with van der Waals surface area (Å²) in [7, 11) is 4.07. The fourth-order valence-corrected chi connectivity index (χ4v) is 8.72. The quantitative estimate of drug-likeness (QED) is 0.0374. The number of unbranched alkanes of at least 4 members (excludes halogenated alkanes) is 26. The Morgan fingerprint density at radius 3 is 1.14 bits per heavy atom. The van der Waals surface area contributed by atoms with Gasteiger partial charge in [-0.05, 0) is 136 Å². The van der Waals surface area contributed by atoms with E-state index in [1.807, 2.05) is 14.1 Å². The molecule has 1 amide bonds. The Balaban J connectivity index is 5.20. The van der Waals surface area contributed by atoms with Gasteiger partial charge in [-0.3, -0.25) is 4.79 Å². The minimum Gasteiger partial charge on any atom is -0.465 e. The van der Waals surface area contributed by atoms with Crippen molar-refractivity contribution in [1.29, 1.82) is 0 Å². The van der Waals surface area contributed by atoms with Gasteiger partial charge in [-0.2, -0.15) is 0 Å². The lowest BCUT2D eigenvalue weighted by atomic mass is 9.78. The third-order valence-electron chi connectivity index (χ3n) is 13.3. The van der Waals surface area contributed by atoms with Gasteiger partial charge in [0.05, 0.1) is 13.2 Å². The zero-order valence-corrected chi connectivity index (χ0v) is 46.4. The molecule has 400 valence electrons. The van der Waals surface area contributed by atoms with Crippen molar-refractivity contribution in [2.24, 2.45) is 5.41 Å². The van der Waals surface area contributed by atoms with Gasteiger partial charge in [0.1, 0.15) is 0 Å². The molecule has 0 radical (unpaired) electrons. The summed E-state index contributed by atoms with van der Waals surface area (Å²) < 4.78 is 11.8. The third kappa shape index (κ3) is 51.3. The monoisotopic (exact) mass is 963 g/mol. The Hall–Kier alpha value is -2.86. The van der Waals surface area contributed by atoms with E-state index in [0.717, 1.165) is 83.6 Å². The van der Waals surface area contributed by atoms with Crippen molar-refractivity contribution >= 4 is 12.1 Å². The van der Waals surface area contributed by atoms with Gasteiger partial charge in [-0.25, -0.2) is 4.79 Å². The molecule has 0 saturated carbocycles. The number of carbonyl (C=O) groups is 2. The second-order valence-electron chi connectivity index (χ2n) is 20.5. The number of carbonyl (C=O) groups excluding carboxylic acids is 2. The standard InChI is InChI=1S/C63H114N2O4/c1-6-9-12-15-18-21-24-27-30-33-36-39-42-45-48-51-55-63(59-64-62(67)68-58-53-57-65(4)5,56-52-49-46-43-40-37-34-31-28-25-22-19-16-13-10-7-2)60-69-61(66)54-50-47-44-41-38-35-32-29-26-23-20-17-14-11-8-3/h18-23,27-32H,6-17,24-26,33-60H2,1-5H3,(H,64,67)/b21-18-,22-19-,23-20-,30-27-,31-28-,32-29-. The van der Waals surface area contributed by atoms with Crippen LogP contribution < -0.4 is 5.32 Å². The van der Waals surface area contributed by atoms with E-state index in [9.17, 15) is 9.59 Å². The molecule has 0 atom stereocenters. The van der Waals surface area contributed by atoms with Crippen molar-refractivity contribution < 1.29 is 19.1 Å². The first kappa shape index (κ1) is 66.1. The fraction of sp³-hybridized carbons (Fsp3) is 0.778. The number of nitrogens with one attached hydrogen (secondary N) is 1. The average molecular weight is 964 g/mol. The maximum absolute atomic E-state index is 13.3. The number of rotatable bonds is 52. The minimum atomic E-state index is -0.358. The molecule has 6 heteroatoms. The van der Waals surface area contributed by atoms with Crippen LogP contribution in [-0.2, 0) is 14.3 Å². The Labute approximate surface area is 429 Å². The normalized spacial score (nSPS) is 12.5. The molecule has 0 saturated heterocycles. The number of hydrogen-bond acceptors (Lipinski definition) is 5. The number of ether oxygens (including phenoxy) is 2. The van der Waals surface area contributed by atoms with Crippen LogP contribution in [0, 0.1) is 5.41 Å². The van der Waals surface area contributed by atoms with Crippen LogP contribution in [0.15, 0.2) is 72.9 Å². The number of alkyl carbamates (subject to hydrolysis) is 1. The van der Waals surface area contributed by atoms with Gasteiger partial charge in [0, 0.05) is 24.9 Å². The summed E-state index contributed by atoms with van der Waals surface area (Å²) in [5.74, 6) is -0.0922. The van der Waals surface area contributed by atoms with Crippen molar-refractivity contribution in [3.05, 3.63) is 72.9 Å². The number of esters is 1. The van der Waals surface area contributed by atoms with Crippen molar-refractivity contribution in [2.45, 2.75) is 271 Å². The topological polar surface area (TPSA) is 67.9 Å². The second-order valence-corrected chi connectivity index (χ2v) is 20.5. The molecule has 0 aromatic carbocycles. The predicted molar refractivity (Wildman–Crippen MR) is 303 cm³/mol. The highest BCUT2D eigenvalue weighted by molar-refractivity contribution is 5.69. The van der Waals surface area contributed by atoms with Crippen LogP contribution in [0.1, 0.15) is 271 Å². The van der Waals surface area contributed by atoms with Gasteiger partial charge < -0.3 is 19.7 Å². The first-order chi connectivity index (χ1) is 33.9. The number of nitrogens with zero attached hydrogens (tertiary/aromatic N) is 1. The van der Waals surface area contributed by atoms with Crippen LogP contribution in [0.3, 0.4) is 0 Å². The second kappa shape index (κ2) is 54.5. The van der Waals surface area contributed by atoms with E-state index < -0.39 is 0 Å². The Bertz CT molecular complexity index is 1230. The Morgan fingerprint density at radius 2 is 0.768 bits per heavy atom. The van der Waals surface area contributed by atoms with Crippen LogP contribution in [0.4, 0.5) is 4.79 Å². The molecule has 0 aliphatic rings. The lowest BCUT2D eigenvalue weighted by Gasteiger charge is -2.34. The van der Waals surface area contributed by atoms with E-state index in [1.54, 1.807) is 0 Å². The van der Waals surface area contributed by atoms with Gasteiger partial charge in [0.2, 0.25) is 0 Å². The molecular formula is C63H114N2O4. The summed E-state index contributed by atoms with van der Waals surface area (Å²) in [6.45, 7) is 8.90. The predicted octanol–water partition coefficient (Wildman–Crippen LogP) is 19.4. The summed E-state index contributed by atoms with van der Waals surface area (Å²) in [5.41, 5.74) is -0.291. The van der Waals surface area contributed by atoms with Crippen LogP contribution in [0.25, 0.3) is 0 Å². The van der Waals surface area contributed by atoms with Crippen molar-refractivity contribution in [3.63, 3.8) is 0 Å². The number of amides is 1. The number of hydrogen-bond donors (Lipinski definition) is 1. The van der Waals surface area contributed by atoms with Crippen LogP contribution in [0.2, 0.25) is 0 Å². The molecule has 0 rings (SSSR count). The van der Waals surface area contributed by atoms with Gasteiger partial charge in [-0.1, -0.05) is 216 Å². The van der Waals surface area contributed by atoms with Crippen molar-refractivity contribution in [1.82, 2.24) is 10.2 Å². The molecule has 6 nitrogen and oxygen atoms in total. The van der Waals surface area contributed by atoms with E-state index in [2.05, 4.69) is 104 Å². The molecule has 0 aliphatic heterocycles. The van der Waals surface area contributed by atoms with Crippen molar-refractivity contribution in [3.8, 4) is 0 Å². The summed E-state index contributed by atoms with van der Waals surface area (Å²) in [6.07, 6.45) is 72.7. The molecule has 0 aliphatic carbocycles. The van der Waals surface area contributed by atoms with E-state index in [0.29, 0.717) is 26.2 Å².